The first kappa shape index (κ1) is 86.1. The zero-order valence-electron chi connectivity index (χ0n) is 61.7. The van der Waals surface area contributed by atoms with Gasteiger partial charge in [-0.25, -0.2) is 38.4 Å². The third-order valence-corrected chi connectivity index (χ3v) is 16.7. The topological polar surface area (TPSA) is 333 Å². The fraction of sp³-hybridized carbons (Fsp3) is 0.365. The molecule has 0 bridgehead atoms. The number of carbonyl (C=O) groups excluding carboxylic acids is 10. The van der Waals surface area contributed by atoms with Gasteiger partial charge in [0.25, 0.3) is 11.8 Å². The summed E-state index contributed by atoms with van der Waals surface area (Å²) in [6.45, 7) is 16.4. The summed E-state index contributed by atoms with van der Waals surface area (Å²) in [6.07, 6.45) is 20.1. The second kappa shape index (κ2) is 49.1. The number of unbranched alkanes of at least 4 members (excludes halogenated alkanes) is 16. The summed E-state index contributed by atoms with van der Waals surface area (Å²) >= 11 is 0. The lowest BCUT2D eigenvalue weighted by Crippen LogP contribution is -2.18. The van der Waals surface area contributed by atoms with Crippen molar-refractivity contribution >= 4 is 59.6 Å². The zero-order valence-corrected chi connectivity index (χ0v) is 61.7. The van der Waals surface area contributed by atoms with Crippen LogP contribution < -0.4 is 49.4 Å². The van der Waals surface area contributed by atoms with E-state index in [0.29, 0.717) is 145 Å². The van der Waals surface area contributed by atoms with Gasteiger partial charge in [-0.15, -0.1) is 0 Å². The molecule has 2 amide bonds. The van der Waals surface area contributed by atoms with Crippen molar-refractivity contribution in [3.8, 4) is 46.0 Å². The number of nitrogens with two attached hydrogens (primary N) is 2. The Bertz CT molecular complexity index is 3740. The molecular formula is C85H98N2O22. The van der Waals surface area contributed by atoms with E-state index in [1.807, 2.05) is 0 Å². The van der Waals surface area contributed by atoms with Crippen LogP contribution in [0.2, 0.25) is 0 Å². The van der Waals surface area contributed by atoms with E-state index >= 15 is 0 Å². The molecule has 0 radical (unpaired) electrons. The predicted octanol–water partition coefficient (Wildman–Crippen LogP) is 15.2. The summed E-state index contributed by atoms with van der Waals surface area (Å²) in [7, 11) is 0. The second-order valence-electron chi connectivity index (χ2n) is 25.1. The minimum Gasteiger partial charge on any atom is -0.494 e. The van der Waals surface area contributed by atoms with Crippen LogP contribution in [0, 0.1) is 0 Å². The van der Waals surface area contributed by atoms with Gasteiger partial charge in [0.2, 0.25) is 0 Å². The number of esters is 8. The Morgan fingerprint density at radius 2 is 0.486 bits per heavy atom. The highest BCUT2D eigenvalue weighted by molar-refractivity contribution is 6.01. The van der Waals surface area contributed by atoms with Crippen molar-refractivity contribution in [1.82, 2.24) is 0 Å². The van der Waals surface area contributed by atoms with Gasteiger partial charge < -0.3 is 68.3 Å². The molecule has 24 heteroatoms. The van der Waals surface area contributed by atoms with Crippen LogP contribution in [0.15, 0.2) is 172 Å². The number of ether oxygens (including phenoxy) is 12. The molecule has 0 saturated heterocycles. The molecule has 0 aliphatic carbocycles. The third kappa shape index (κ3) is 32.4. The number of benzene rings is 6. The van der Waals surface area contributed by atoms with E-state index in [1.165, 1.54) is 48.5 Å². The maximum atomic E-state index is 14.0. The number of hydrogen-bond acceptors (Lipinski definition) is 22. The van der Waals surface area contributed by atoms with Crippen molar-refractivity contribution in [2.45, 2.75) is 148 Å². The van der Waals surface area contributed by atoms with Crippen LogP contribution in [0.5, 0.6) is 46.0 Å². The number of primary amides is 2. The Morgan fingerprint density at radius 1 is 0.266 bits per heavy atom. The predicted molar refractivity (Wildman–Crippen MR) is 406 cm³/mol. The van der Waals surface area contributed by atoms with Gasteiger partial charge in [-0.05, 0) is 261 Å². The molecule has 0 heterocycles. The molecule has 0 spiro atoms. The van der Waals surface area contributed by atoms with Crippen LogP contribution in [0.25, 0.3) is 0 Å². The van der Waals surface area contributed by atoms with Gasteiger partial charge >= 0.3 is 47.8 Å². The normalized spacial score (nSPS) is 10.6. The summed E-state index contributed by atoms with van der Waals surface area (Å²) in [5.41, 5.74) is 12.9. The van der Waals surface area contributed by atoms with Crippen LogP contribution in [0.4, 0.5) is 0 Å². The van der Waals surface area contributed by atoms with E-state index < -0.39 is 59.6 Å². The lowest BCUT2D eigenvalue weighted by atomic mass is 9.99. The Hall–Kier alpha value is -11.8. The van der Waals surface area contributed by atoms with Gasteiger partial charge in [0.15, 0.2) is 0 Å². The Morgan fingerprint density at radius 3 is 0.725 bits per heavy atom. The SMILES string of the molecule is C=CC(=O)OCCCCCCOc1ccc(C(=O)Oc2cc(CCCCCCCc3cc(OC(=O)c4ccc(OCCCCCCOC(=O)C=C)cc4)cc(C(N)=O)c3OC(=O)c3ccc(OCCCCCCOC(=O)C=C)cc3)c(OC(=O)c3ccc(OCCCCCCOC(=O)C=C)cc3)c(C(N)=O)c2)cc1. The first-order valence-electron chi connectivity index (χ1n) is 36.8. The molecule has 0 unspecified atom stereocenters. The zero-order chi connectivity index (χ0) is 78.4. The highest BCUT2D eigenvalue weighted by Gasteiger charge is 2.25. The van der Waals surface area contributed by atoms with Crippen LogP contribution >= 0.6 is 0 Å². The van der Waals surface area contributed by atoms with Crippen molar-refractivity contribution < 1.29 is 105 Å². The molecule has 6 aromatic carbocycles. The number of aryl methyl sites for hydroxylation is 2. The van der Waals surface area contributed by atoms with E-state index in [-0.39, 0.29) is 69.2 Å². The standard InChI is InChI=1S/C85H98N2O22/c1-5-74(88)102-52-26-16-12-22-48-98-66-40-32-60(33-41-66)82(94)106-70-56-64(78(72(58-70)80(86)92)108-84(96)62-36-44-68(45-37-62)100-50-24-14-18-28-54-104-76(90)7-3)30-20-10-9-11-21-31-65-57-71(107-83(95)61-34-42-67(43-35-61)99-49-23-13-17-27-53-103-75(89)6-2)59-73(81(87)93)79(65)109-85(97)63-38-46-69(47-39-63)101-51-25-15-19-29-55-105-77(91)8-4/h5-8,32-47,56-59H,1-4,9-31,48-55H2,(H2,86,92)(H2,87,93). The fourth-order valence-electron chi connectivity index (χ4n) is 10.9. The summed E-state index contributed by atoms with van der Waals surface area (Å²) in [4.78, 5) is 127. The van der Waals surface area contributed by atoms with E-state index in [9.17, 15) is 47.9 Å². The maximum Gasteiger partial charge on any atom is 0.343 e. The Kier molecular flexibility index (Phi) is 38.8. The molecule has 4 N–H and O–H groups in total. The van der Waals surface area contributed by atoms with Crippen molar-refractivity contribution in [3.63, 3.8) is 0 Å². The van der Waals surface area contributed by atoms with Crippen molar-refractivity contribution in [2.75, 3.05) is 52.9 Å². The molecule has 0 aromatic heterocycles. The van der Waals surface area contributed by atoms with Gasteiger partial charge in [0, 0.05) is 24.3 Å². The number of carbonyl (C=O) groups is 10. The Balaban J connectivity index is 1.14. The highest BCUT2D eigenvalue weighted by Crippen LogP contribution is 2.35. The first-order chi connectivity index (χ1) is 52.9. The van der Waals surface area contributed by atoms with Crippen LogP contribution in [0.3, 0.4) is 0 Å². The van der Waals surface area contributed by atoms with Gasteiger partial charge in [-0.2, -0.15) is 0 Å². The molecular weight excluding hydrogens is 1400 g/mol. The number of rotatable bonds is 54. The largest absolute Gasteiger partial charge is 0.494 e. The first-order valence-corrected chi connectivity index (χ1v) is 36.8. The van der Waals surface area contributed by atoms with Crippen molar-refractivity contribution in [3.05, 3.63) is 216 Å². The Labute approximate surface area is 635 Å². The van der Waals surface area contributed by atoms with E-state index in [2.05, 4.69) is 26.3 Å². The van der Waals surface area contributed by atoms with Gasteiger partial charge in [-0.1, -0.05) is 45.6 Å². The highest BCUT2D eigenvalue weighted by atomic mass is 16.6. The number of hydrogen-bond donors (Lipinski definition) is 2. The molecule has 0 aliphatic heterocycles. The van der Waals surface area contributed by atoms with Crippen molar-refractivity contribution in [2.24, 2.45) is 11.5 Å². The van der Waals surface area contributed by atoms with Crippen LogP contribution in [-0.2, 0) is 51.0 Å². The maximum absolute atomic E-state index is 14.0. The van der Waals surface area contributed by atoms with Crippen LogP contribution in [0.1, 0.15) is 208 Å². The average Bonchev–Trinajstić information content (AvgIpc) is 0.806. The lowest BCUT2D eigenvalue weighted by molar-refractivity contribution is -0.138. The molecule has 580 valence electrons. The number of amides is 2. The summed E-state index contributed by atoms with van der Waals surface area (Å²) < 4.78 is 67.4. The van der Waals surface area contributed by atoms with E-state index in [0.717, 1.165) is 101 Å². The molecule has 0 fully saturated rings. The average molecular weight is 1500 g/mol. The van der Waals surface area contributed by atoms with Gasteiger partial charge in [-0.3, -0.25) is 9.59 Å². The fourth-order valence-corrected chi connectivity index (χ4v) is 10.9. The third-order valence-electron chi connectivity index (χ3n) is 16.7. The monoisotopic (exact) mass is 1500 g/mol. The second-order valence-corrected chi connectivity index (χ2v) is 25.1. The van der Waals surface area contributed by atoms with E-state index in [1.54, 1.807) is 72.8 Å². The summed E-state index contributed by atoms with van der Waals surface area (Å²) in [5, 5.41) is 0. The smallest absolute Gasteiger partial charge is 0.343 e. The van der Waals surface area contributed by atoms with E-state index in [4.69, 9.17) is 68.3 Å². The molecule has 6 aromatic rings. The van der Waals surface area contributed by atoms with Crippen molar-refractivity contribution in [1.29, 1.82) is 0 Å². The minimum atomic E-state index is -0.961. The molecule has 24 nitrogen and oxygen atoms in total. The molecule has 6 rings (SSSR count). The molecule has 0 atom stereocenters. The quantitative estimate of drug-likeness (QED) is 0.0118. The minimum absolute atomic E-state index is 0.0385. The lowest BCUT2D eigenvalue weighted by Gasteiger charge is -2.17. The summed E-state index contributed by atoms with van der Waals surface area (Å²) in [6, 6.07) is 30.8. The molecule has 0 saturated carbocycles. The molecule has 0 aliphatic rings. The summed E-state index contributed by atoms with van der Waals surface area (Å²) in [5.74, 6) is -5.14. The van der Waals surface area contributed by atoms with Gasteiger partial charge in [0.1, 0.15) is 46.0 Å². The van der Waals surface area contributed by atoms with Gasteiger partial charge in [0.05, 0.1) is 86.2 Å². The van der Waals surface area contributed by atoms with Crippen LogP contribution in [-0.4, -0.2) is 112 Å². The molecule has 109 heavy (non-hydrogen) atoms.